The molecule has 96 valence electrons. The van der Waals surface area contributed by atoms with Crippen LogP contribution >= 0.6 is 0 Å². The zero-order valence-corrected chi connectivity index (χ0v) is 10.3. The molecule has 0 unspecified atom stereocenters. The predicted octanol–water partition coefficient (Wildman–Crippen LogP) is 1.35. The number of carbonyl (C=O) groups excluding carboxylic acids is 2. The maximum absolute atomic E-state index is 11.2. The second-order valence-electron chi connectivity index (χ2n) is 3.51. The van der Waals surface area contributed by atoms with Gasteiger partial charge in [0.05, 0.1) is 0 Å². The minimum atomic E-state index is -0.458. The number of esters is 1. The van der Waals surface area contributed by atoms with Crippen molar-refractivity contribution in [3.63, 3.8) is 0 Å². The number of amides is 1. The molecule has 0 heterocycles. The van der Waals surface area contributed by atoms with E-state index in [0.717, 1.165) is 5.56 Å². The molecule has 1 rings (SSSR count). The highest BCUT2D eigenvalue weighted by molar-refractivity contribution is 5.75. The number of methoxy groups -OCH3 is 1. The van der Waals surface area contributed by atoms with Gasteiger partial charge in [0.15, 0.2) is 0 Å². The van der Waals surface area contributed by atoms with Gasteiger partial charge in [-0.15, -0.1) is 0 Å². The van der Waals surface area contributed by atoms with E-state index in [9.17, 15) is 9.59 Å². The van der Waals surface area contributed by atoms with E-state index >= 15 is 0 Å². The molecule has 0 aromatic heterocycles. The van der Waals surface area contributed by atoms with Gasteiger partial charge >= 0.3 is 5.97 Å². The monoisotopic (exact) mass is 249 g/mol. The van der Waals surface area contributed by atoms with Crippen LogP contribution in [0.15, 0.2) is 30.5 Å². The minimum Gasteiger partial charge on any atom is -0.425 e. The number of carbonyl (C=O) groups is 2. The Kier molecular flexibility index (Phi) is 5.60. The number of rotatable bonds is 5. The third kappa shape index (κ3) is 5.27. The van der Waals surface area contributed by atoms with Crippen LogP contribution in [0.2, 0.25) is 0 Å². The lowest BCUT2D eigenvalue weighted by atomic mass is 10.2. The number of ether oxygens (including phenoxy) is 2. The van der Waals surface area contributed by atoms with Gasteiger partial charge < -0.3 is 14.8 Å². The molecule has 5 heteroatoms. The van der Waals surface area contributed by atoms with Crippen LogP contribution in [0.4, 0.5) is 0 Å². The first-order valence-electron chi connectivity index (χ1n) is 5.35. The van der Waals surface area contributed by atoms with E-state index in [1.807, 2.05) is 6.07 Å². The lowest BCUT2D eigenvalue weighted by Crippen LogP contribution is -2.14. The molecule has 1 aromatic carbocycles. The van der Waals surface area contributed by atoms with Crippen molar-refractivity contribution in [3.8, 4) is 5.75 Å². The number of benzene rings is 1. The Balaban J connectivity index is 2.64. The van der Waals surface area contributed by atoms with Gasteiger partial charge in [-0.2, -0.15) is 0 Å². The Morgan fingerprint density at radius 2 is 2.17 bits per heavy atom. The zero-order valence-electron chi connectivity index (χ0n) is 10.3. The van der Waals surface area contributed by atoms with Crippen LogP contribution in [-0.2, 0) is 14.3 Å². The zero-order chi connectivity index (χ0) is 13.4. The molecule has 0 atom stereocenters. The summed E-state index contributed by atoms with van der Waals surface area (Å²) in [5.41, 5.74) is 0.812. The third-order valence-electron chi connectivity index (χ3n) is 1.91. The van der Waals surface area contributed by atoms with E-state index in [1.165, 1.54) is 20.2 Å². The second kappa shape index (κ2) is 7.24. The van der Waals surface area contributed by atoms with Crippen LogP contribution in [0.5, 0.6) is 5.75 Å². The highest BCUT2D eigenvalue weighted by atomic mass is 16.6. The Hall–Kier alpha value is -2.14. The van der Waals surface area contributed by atoms with Crippen molar-refractivity contribution in [2.24, 2.45) is 0 Å². The van der Waals surface area contributed by atoms with Crippen LogP contribution in [0.3, 0.4) is 0 Å². The van der Waals surface area contributed by atoms with Crippen molar-refractivity contribution in [1.82, 2.24) is 5.32 Å². The first-order chi connectivity index (χ1) is 8.61. The molecule has 1 N–H and O–H groups in total. The van der Waals surface area contributed by atoms with Gasteiger partial charge in [0, 0.05) is 20.2 Å². The van der Waals surface area contributed by atoms with Gasteiger partial charge in [0.1, 0.15) is 12.4 Å². The Labute approximate surface area is 105 Å². The van der Waals surface area contributed by atoms with Gasteiger partial charge in [-0.25, -0.2) is 4.79 Å². The highest BCUT2D eigenvalue weighted by Crippen LogP contribution is 2.14. The first kappa shape index (κ1) is 13.9. The van der Waals surface area contributed by atoms with Crippen LogP contribution in [0, 0.1) is 0 Å². The molecule has 0 saturated heterocycles. The molecule has 0 bridgehead atoms. The Morgan fingerprint density at radius 1 is 1.39 bits per heavy atom. The fraction of sp³-hybridized carbons (Fsp3) is 0.231. The molecule has 5 nitrogen and oxygen atoms in total. The lowest BCUT2D eigenvalue weighted by Gasteiger charge is -2.04. The van der Waals surface area contributed by atoms with Crippen molar-refractivity contribution in [1.29, 1.82) is 0 Å². The van der Waals surface area contributed by atoms with Crippen LogP contribution in [0.25, 0.3) is 6.08 Å². The summed E-state index contributed by atoms with van der Waals surface area (Å²) in [4.78, 5) is 21.9. The van der Waals surface area contributed by atoms with Gasteiger partial charge in [-0.05, 0) is 23.8 Å². The Morgan fingerprint density at radius 3 is 2.83 bits per heavy atom. The lowest BCUT2D eigenvalue weighted by molar-refractivity contribution is -0.138. The molecule has 0 saturated carbocycles. The summed E-state index contributed by atoms with van der Waals surface area (Å²) in [6.07, 6.45) is 3.23. The molecule has 1 amide bonds. The van der Waals surface area contributed by atoms with Crippen LogP contribution < -0.4 is 10.1 Å². The highest BCUT2D eigenvalue weighted by Gasteiger charge is 2.03. The molecule has 0 aliphatic carbocycles. The van der Waals surface area contributed by atoms with Gasteiger partial charge in [0.2, 0.25) is 5.91 Å². The largest absolute Gasteiger partial charge is 0.425 e. The minimum absolute atomic E-state index is 0.0913. The average molecular weight is 249 g/mol. The summed E-state index contributed by atoms with van der Waals surface area (Å²) in [5.74, 6) is -0.170. The summed E-state index contributed by atoms with van der Waals surface area (Å²) in [7, 11) is 1.42. The van der Waals surface area contributed by atoms with E-state index in [-0.39, 0.29) is 12.5 Å². The van der Waals surface area contributed by atoms with Gasteiger partial charge in [0.25, 0.3) is 0 Å². The van der Waals surface area contributed by atoms with Crippen LogP contribution in [0.1, 0.15) is 12.5 Å². The maximum Gasteiger partial charge on any atom is 0.337 e. The molecule has 1 aromatic rings. The van der Waals surface area contributed by atoms with E-state index < -0.39 is 5.97 Å². The summed E-state index contributed by atoms with van der Waals surface area (Å²) in [5, 5.41) is 2.53. The number of nitrogens with one attached hydrogen (secondary N) is 1. The van der Waals surface area contributed by atoms with Crippen molar-refractivity contribution in [3.05, 3.63) is 36.0 Å². The summed E-state index contributed by atoms with van der Waals surface area (Å²) in [6, 6.07) is 6.93. The summed E-state index contributed by atoms with van der Waals surface area (Å²) < 4.78 is 9.70. The first-order valence-corrected chi connectivity index (χ1v) is 5.35. The molecule has 18 heavy (non-hydrogen) atoms. The van der Waals surface area contributed by atoms with Gasteiger partial charge in [-0.3, -0.25) is 4.79 Å². The van der Waals surface area contributed by atoms with E-state index in [0.29, 0.717) is 5.75 Å². The fourth-order valence-corrected chi connectivity index (χ4v) is 1.22. The van der Waals surface area contributed by atoms with Crippen molar-refractivity contribution >= 4 is 18.0 Å². The second-order valence-corrected chi connectivity index (χ2v) is 3.51. The van der Waals surface area contributed by atoms with E-state index in [4.69, 9.17) is 4.74 Å². The molecular formula is C13H15NO4. The quantitative estimate of drug-likeness (QED) is 0.632. The molecule has 0 aliphatic heterocycles. The standard InChI is InChI=1S/C13H15NO4/c1-10(15)14-7-6-11-4-3-5-12(8-11)18-13(16)9-17-2/h3-8H,9H2,1-2H3,(H,14,15). The molecule has 0 radical (unpaired) electrons. The SMILES string of the molecule is COCC(=O)Oc1cccc(C=CNC(C)=O)c1. The maximum atomic E-state index is 11.2. The molecule has 0 fully saturated rings. The van der Waals surface area contributed by atoms with E-state index in [1.54, 1.807) is 24.3 Å². The normalized spacial score (nSPS) is 10.3. The van der Waals surface area contributed by atoms with E-state index in [2.05, 4.69) is 10.1 Å². The molecular weight excluding hydrogens is 234 g/mol. The number of hydrogen-bond acceptors (Lipinski definition) is 4. The molecule has 0 aliphatic rings. The fourth-order valence-electron chi connectivity index (χ4n) is 1.22. The van der Waals surface area contributed by atoms with Crippen LogP contribution in [-0.4, -0.2) is 25.6 Å². The average Bonchev–Trinajstić information content (AvgIpc) is 2.29. The predicted molar refractivity (Wildman–Crippen MR) is 66.8 cm³/mol. The smallest absolute Gasteiger partial charge is 0.337 e. The molecule has 0 spiro atoms. The Bertz CT molecular complexity index is 454. The van der Waals surface area contributed by atoms with Crippen molar-refractivity contribution in [2.45, 2.75) is 6.92 Å². The summed E-state index contributed by atoms with van der Waals surface area (Å²) in [6.45, 7) is 1.33. The van der Waals surface area contributed by atoms with Crippen molar-refractivity contribution < 1.29 is 19.1 Å². The van der Waals surface area contributed by atoms with Crippen molar-refractivity contribution in [2.75, 3.05) is 13.7 Å². The summed E-state index contributed by atoms with van der Waals surface area (Å²) >= 11 is 0. The topological polar surface area (TPSA) is 64.6 Å². The third-order valence-corrected chi connectivity index (χ3v) is 1.91. The van der Waals surface area contributed by atoms with Gasteiger partial charge in [-0.1, -0.05) is 12.1 Å². The number of hydrogen-bond donors (Lipinski definition) is 1.